The van der Waals surface area contributed by atoms with E-state index in [2.05, 4.69) is 11.4 Å². The van der Waals surface area contributed by atoms with Gasteiger partial charge >= 0.3 is 6.09 Å². The Morgan fingerprint density at radius 2 is 2.16 bits per heavy atom. The molecule has 0 spiro atoms. The molecule has 1 N–H and O–H groups in total. The number of nitrogens with zero attached hydrogens (tertiary/aromatic N) is 1. The van der Waals surface area contributed by atoms with E-state index in [-0.39, 0.29) is 6.04 Å². The van der Waals surface area contributed by atoms with E-state index in [1.165, 1.54) is 0 Å². The second-order valence-electron chi connectivity index (χ2n) is 5.81. The molecule has 1 atom stereocenters. The molecule has 0 saturated heterocycles. The molecule has 2 rings (SSSR count). The highest BCUT2D eigenvalue weighted by Crippen LogP contribution is 2.25. The van der Waals surface area contributed by atoms with Crippen LogP contribution in [0.4, 0.5) is 4.79 Å². The number of nitriles is 1. The third-order valence-electron chi connectivity index (χ3n) is 3.03. The molecule has 4 heteroatoms. The predicted molar refractivity (Wildman–Crippen MR) is 71.7 cm³/mol. The Morgan fingerprint density at radius 3 is 2.79 bits per heavy atom. The van der Waals surface area contributed by atoms with E-state index >= 15 is 0 Å². The fraction of sp³-hybridized carbons (Fsp3) is 0.467. The number of benzene rings is 1. The molecule has 19 heavy (non-hydrogen) atoms. The molecule has 0 saturated carbocycles. The smallest absolute Gasteiger partial charge is 0.407 e. The van der Waals surface area contributed by atoms with Crippen molar-refractivity contribution in [1.29, 1.82) is 5.26 Å². The van der Waals surface area contributed by atoms with Crippen LogP contribution in [0.15, 0.2) is 18.2 Å². The predicted octanol–water partition coefficient (Wildman–Crippen LogP) is 2.55. The topological polar surface area (TPSA) is 62.1 Å². The van der Waals surface area contributed by atoms with Crippen molar-refractivity contribution < 1.29 is 9.53 Å². The number of ether oxygens (including phenoxy) is 1. The van der Waals surface area contributed by atoms with Gasteiger partial charge in [0, 0.05) is 6.04 Å². The standard InChI is InChI=1S/C15H18N2O2/c1-15(2,3)19-14(18)17-12-7-10-5-4-6-11(9-16)13(10)8-12/h4-6,12H,7-8H2,1-3H3,(H,17,18). The number of fused-ring (bicyclic) bond motifs is 1. The lowest BCUT2D eigenvalue weighted by molar-refractivity contribution is 0.0506. The van der Waals surface area contributed by atoms with Crippen LogP contribution in [0.3, 0.4) is 0 Å². The van der Waals surface area contributed by atoms with Crippen LogP contribution in [0.5, 0.6) is 0 Å². The van der Waals surface area contributed by atoms with Crippen LogP contribution < -0.4 is 5.32 Å². The van der Waals surface area contributed by atoms with Gasteiger partial charge in [0.05, 0.1) is 11.6 Å². The number of alkyl carbamates (subject to hydrolysis) is 1. The Bertz CT molecular complexity index is 538. The first-order valence-corrected chi connectivity index (χ1v) is 6.39. The summed E-state index contributed by atoms with van der Waals surface area (Å²) in [5, 5.41) is 11.9. The van der Waals surface area contributed by atoms with Crippen molar-refractivity contribution in [2.45, 2.75) is 45.3 Å². The number of nitrogens with one attached hydrogen (secondary N) is 1. The summed E-state index contributed by atoms with van der Waals surface area (Å²) < 4.78 is 5.24. The minimum Gasteiger partial charge on any atom is -0.444 e. The van der Waals surface area contributed by atoms with Crippen LogP contribution in [0.1, 0.15) is 37.5 Å². The minimum atomic E-state index is -0.493. The summed E-state index contributed by atoms with van der Waals surface area (Å²) in [6.45, 7) is 5.51. The van der Waals surface area contributed by atoms with Crippen LogP contribution in [0.2, 0.25) is 0 Å². The Morgan fingerprint density at radius 1 is 1.42 bits per heavy atom. The Balaban J connectivity index is 2.01. The summed E-state index contributed by atoms with van der Waals surface area (Å²) in [5.41, 5.74) is 2.39. The second kappa shape index (κ2) is 4.93. The lowest BCUT2D eigenvalue weighted by Crippen LogP contribution is -2.39. The van der Waals surface area contributed by atoms with Gasteiger partial charge in [-0.15, -0.1) is 0 Å². The van der Waals surface area contributed by atoms with Gasteiger partial charge in [-0.05, 0) is 50.8 Å². The number of hydrogen-bond donors (Lipinski definition) is 1. The average Bonchev–Trinajstić information content (AvgIpc) is 2.67. The van der Waals surface area contributed by atoms with Gasteiger partial charge in [-0.1, -0.05) is 12.1 Å². The van der Waals surface area contributed by atoms with Gasteiger partial charge in [-0.3, -0.25) is 0 Å². The zero-order valence-electron chi connectivity index (χ0n) is 11.5. The lowest BCUT2D eigenvalue weighted by atomic mass is 10.0. The third kappa shape index (κ3) is 3.25. The molecule has 4 nitrogen and oxygen atoms in total. The maximum absolute atomic E-state index is 11.7. The molecule has 1 unspecified atom stereocenters. The summed E-state index contributed by atoms with van der Waals surface area (Å²) in [7, 11) is 0. The normalized spacial score (nSPS) is 17.5. The Labute approximate surface area is 113 Å². The van der Waals surface area contributed by atoms with Crippen molar-refractivity contribution in [3.63, 3.8) is 0 Å². The van der Waals surface area contributed by atoms with Crippen LogP contribution >= 0.6 is 0 Å². The number of carbonyl (C=O) groups excluding carboxylic acids is 1. The molecule has 100 valence electrons. The van der Waals surface area contributed by atoms with E-state index in [9.17, 15) is 4.79 Å². The molecule has 0 aromatic heterocycles. The largest absolute Gasteiger partial charge is 0.444 e. The van der Waals surface area contributed by atoms with E-state index in [0.717, 1.165) is 17.5 Å². The first-order valence-electron chi connectivity index (χ1n) is 6.39. The van der Waals surface area contributed by atoms with Crippen LogP contribution in [0, 0.1) is 11.3 Å². The molecule has 1 aliphatic rings. The molecule has 1 aromatic rings. The Kier molecular flexibility index (Phi) is 3.48. The molecule has 0 radical (unpaired) electrons. The average molecular weight is 258 g/mol. The van der Waals surface area contributed by atoms with E-state index < -0.39 is 11.7 Å². The molecule has 1 aliphatic carbocycles. The van der Waals surface area contributed by atoms with E-state index in [4.69, 9.17) is 10.00 Å². The minimum absolute atomic E-state index is 0.0133. The fourth-order valence-corrected chi connectivity index (χ4v) is 2.33. The van der Waals surface area contributed by atoms with Crippen molar-refractivity contribution in [3.05, 3.63) is 34.9 Å². The van der Waals surface area contributed by atoms with Gasteiger partial charge in [0.2, 0.25) is 0 Å². The molecule has 0 bridgehead atoms. The van der Waals surface area contributed by atoms with Crippen LogP contribution in [-0.2, 0) is 17.6 Å². The van der Waals surface area contributed by atoms with E-state index in [0.29, 0.717) is 12.0 Å². The van der Waals surface area contributed by atoms with Gasteiger partial charge in [0.15, 0.2) is 0 Å². The van der Waals surface area contributed by atoms with Crippen molar-refractivity contribution >= 4 is 6.09 Å². The maximum Gasteiger partial charge on any atom is 0.407 e. The van der Waals surface area contributed by atoms with Gasteiger partial charge in [-0.2, -0.15) is 5.26 Å². The molecule has 0 heterocycles. The summed E-state index contributed by atoms with van der Waals surface area (Å²) in [5.74, 6) is 0. The summed E-state index contributed by atoms with van der Waals surface area (Å²) in [6, 6.07) is 7.91. The molecule has 1 amide bonds. The van der Waals surface area contributed by atoms with Crippen LogP contribution in [0.25, 0.3) is 0 Å². The number of hydrogen-bond acceptors (Lipinski definition) is 3. The number of rotatable bonds is 1. The van der Waals surface area contributed by atoms with Gasteiger partial charge in [0.25, 0.3) is 0 Å². The molecular weight excluding hydrogens is 240 g/mol. The summed E-state index contributed by atoms with van der Waals surface area (Å²) in [4.78, 5) is 11.7. The maximum atomic E-state index is 11.7. The number of carbonyl (C=O) groups is 1. The molecular formula is C15H18N2O2. The van der Waals surface area contributed by atoms with Crippen molar-refractivity contribution in [2.75, 3.05) is 0 Å². The quantitative estimate of drug-likeness (QED) is 0.842. The van der Waals surface area contributed by atoms with Crippen molar-refractivity contribution in [3.8, 4) is 6.07 Å². The summed E-state index contributed by atoms with van der Waals surface area (Å²) in [6.07, 6.45) is 1.05. The van der Waals surface area contributed by atoms with Crippen LogP contribution in [-0.4, -0.2) is 17.7 Å². The van der Waals surface area contributed by atoms with Gasteiger partial charge in [-0.25, -0.2) is 4.79 Å². The fourth-order valence-electron chi connectivity index (χ4n) is 2.33. The summed E-state index contributed by atoms with van der Waals surface area (Å²) >= 11 is 0. The monoisotopic (exact) mass is 258 g/mol. The van der Waals surface area contributed by atoms with Gasteiger partial charge in [0.1, 0.15) is 5.60 Å². The van der Waals surface area contributed by atoms with Crippen molar-refractivity contribution in [2.24, 2.45) is 0 Å². The zero-order chi connectivity index (χ0) is 14.0. The number of amides is 1. The first-order chi connectivity index (χ1) is 8.89. The van der Waals surface area contributed by atoms with E-state index in [1.54, 1.807) is 0 Å². The Hall–Kier alpha value is -2.02. The molecule has 1 aromatic carbocycles. The third-order valence-corrected chi connectivity index (χ3v) is 3.03. The van der Waals surface area contributed by atoms with E-state index in [1.807, 2.05) is 39.0 Å². The highest BCUT2D eigenvalue weighted by molar-refractivity contribution is 5.68. The molecule has 0 aliphatic heterocycles. The lowest BCUT2D eigenvalue weighted by Gasteiger charge is -2.21. The second-order valence-corrected chi connectivity index (χ2v) is 5.81. The highest BCUT2D eigenvalue weighted by atomic mass is 16.6. The zero-order valence-corrected chi connectivity index (χ0v) is 11.5. The first kappa shape index (κ1) is 13.4. The SMILES string of the molecule is CC(C)(C)OC(=O)NC1Cc2cccc(C#N)c2C1. The van der Waals surface area contributed by atoms with Crippen molar-refractivity contribution in [1.82, 2.24) is 5.32 Å². The molecule has 0 fully saturated rings. The van der Waals surface area contributed by atoms with Gasteiger partial charge < -0.3 is 10.1 Å². The highest BCUT2D eigenvalue weighted by Gasteiger charge is 2.26.